The Labute approximate surface area is 74.0 Å². The summed E-state index contributed by atoms with van der Waals surface area (Å²) in [5, 5.41) is 8.63. The van der Waals surface area contributed by atoms with Crippen molar-refractivity contribution in [2.45, 2.75) is 39.7 Å². The molecule has 0 rings (SSSR count). The Hall–Kier alpha value is -0.570. The molecule has 12 heavy (non-hydrogen) atoms. The summed E-state index contributed by atoms with van der Waals surface area (Å²) in [7, 11) is 0. The van der Waals surface area contributed by atoms with Gasteiger partial charge in [-0.05, 0) is 25.7 Å². The van der Waals surface area contributed by atoms with Gasteiger partial charge in [-0.2, -0.15) is 0 Å². The van der Waals surface area contributed by atoms with Gasteiger partial charge in [-0.3, -0.25) is 4.79 Å². The molecule has 72 valence electrons. The summed E-state index contributed by atoms with van der Waals surface area (Å²) >= 11 is 0. The van der Waals surface area contributed by atoms with Crippen molar-refractivity contribution in [1.82, 2.24) is 0 Å². The molecule has 0 aromatic carbocycles. The van der Waals surface area contributed by atoms with Crippen LogP contribution in [0.15, 0.2) is 0 Å². The van der Waals surface area contributed by atoms with Gasteiger partial charge in [0.2, 0.25) is 0 Å². The second kappa shape index (κ2) is 5.14. The molecule has 0 aliphatic heterocycles. The molecular formula is C9H19NO2. The molecule has 0 aliphatic carbocycles. The van der Waals surface area contributed by atoms with Crippen LogP contribution in [0.4, 0.5) is 0 Å². The molecule has 0 radical (unpaired) electrons. The van der Waals surface area contributed by atoms with E-state index in [4.69, 9.17) is 10.8 Å². The summed E-state index contributed by atoms with van der Waals surface area (Å²) in [6, 6.07) is 0.168. The maximum absolute atomic E-state index is 10.5. The highest BCUT2D eigenvalue weighted by molar-refractivity contribution is 5.69. The van der Waals surface area contributed by atoms with Gasteiger partial charge >= 0.3 is 5.97 Å². The Bertz CT molecular complexity index is 145. The van der Waals surface area contributed by atoms with Gasteiger partial charge in [-0.15, -0.1) is 0 Å². The molecule has 0 heterocycles. The van der Waals surface area contributed by atoms with Crippen LogP contribution in [0.3, 0.4) is 0 Å². The monoisotopic (exact) mass is 173 g/mol. The van der Waals surface area contributed by atoms with Crippen molar-refractivity contribution in [1.29, 1.82) is 0 Å². The lowest BCUT2D eigenvalue weighted by molar-refractivity contribution is -0.141. The van der Waals surface area contributed by atoms with E-state index in [9.17, 15) is 4.79 Å². The Balaban J connectivity index is 3.68. The standard InChI is InChI=1S/C9H19NO2/c1-6(5-8(3)10)4-7(2)9(11)12/h6-8H,4-5,10H2,1-3H3,(H,11,12)/t6-,7+,8+/m1/s1. The fourth-order valence-electron chi connectivity index (χ4n) is 1.44. The zero-order valence-corrected chi connectivity index (χ0v) is 8.08. The van der Waals surface area contributed by atoms with Crippen molar-refractivity contribution in [3.63, 3.8) is 0 Å². The van der Waals surface area contributed by atoms with Crippen LogP contribution >= 0.6 is 0 Å². The number of aliphatic carboxylic acids is 1. The number of carboxylic acid groups (broad SMARTS) is 1. The molecule has 0 aliphatic rings. The molecule has 0 amide bonds. The number of hydrogen-bond donors (Lipinski definition) is 2. The molecule has 0 fully saturated rings. The first-order valence-electron chi connectivity index (χ1n) is 4.41. The van der Waals surface area contributed by atoms with E-state index in [2.05, 4.69) is 0 Å². The summed E-state index contributed by atoms with van der Waals surface area (Å²) in [6.07, 6.45) is 1.62. The van der Waals surface area contributed by atoms with Gasteiger partial charge in [-0.1, -0.05) is 13.8 Å². The third-order valence-electron chi connectivity index (χ3n) is 1.95. The fourth-order valence-corrected chi connectivity index (χ4v) is 1.44. The Morgan fingerprint density at radius 3 is 2.17 bits per heavy atom. The van der Waals surface area contributed by atoms with Gasteiger partial charge in [0, 0.05) is 6.04 Å². The van der Waals surface area contributed by atoms with Crippen LogP contribution in [0.1, 0.15) is 33.6 Å². The van der Waals surface area contributed by atoms with Gasteiger partial charge in [0.15, 0.2) is 0 Å². The van der Waals surface area contributed by atoms with E-state index in [0.29, 0.717) is 5.92 Å². The molecule has 0 unspecified atom stereocenters. The smallest absolute Gasteiger partial charge is 0.306 e. The zero-order chi connectivity index (χ0) is 9.72. The molecule has 3 N–H and O–H groups in total. The maximum atomic E-state index is 10.5. The normalized spacial score (nSPS) is 18.3. The van der Waals surface area contributed by atoms with E-state index >= 15 is 0 Å². The van der Waals surface area contributed by atoms with Crippen molar-refractivity contribution in [2.75, 3.05) is 0 Å². The number of carboxylic acids is 1. The van der Waals surface area contributed by atoms with Gasteiger partial charge in [0.1, 0.15) is 0 Å². The van der Waals surface area contributed by atoms with Crippen LogP contribution < -0.4 is 5.73 Å². The predicted octanol–water partition coefficient (Wildman–Crippen LogP) is 1.47. The molecule has 0 spiro atoms. The first kappa shape index (κ1) is 11.4. The number of nitrogens with two attached hydrogens (primary N) is 1. The number of carbonyl (C=O) groups is 1. The summed E-state index contributed by atoms with van der Waals surface area (Å²) in [5.74, 6) is -0.568. The number of rotatable bonds is 5. The number of hydrogen-bond acceptors (Lipinski definition) is 2. The second-order valence-corrected chi connectivity index (χ2v) is 3.79. The molecule has 0 saturated heterocycles. The lowest BCUT2D eigenvalue weighted by atomic mass is 9.92. The maximum Gasteiger partial charge on any atom is 0.306 e. The predicted molar refractivity (Wildman–Crippen MR) is 48.8 cm³/mol. The molecular weight excluding hydrogens is 154 g/mol. The lowest BCUT2D eigenvalue weighted by Crippen LogP contribution is -2.21. The Morgan fingerprint density at radius 1 is 1.33 bits per heavy atom. The van der Waals surface area contributed by atoms with Crippen LogP contribution in [0.5, 0.6) is 0 Å². The molecule has 0 saturated carbocycles. The third kappa shape index (κ3) is 5.13. The highest BCUT2D eigenvalue weighted by Crippen LogP contribution is 2.16. The van der Waals surface area contributed by atoms with Gasteiger partial charge < -0.3 is 10.8 Å². The lowest BCUT2D eigenvalue weighted by Gasteiger charge is -2.15. The Morgan fingerprint density at radius 2 is 1.83 bits per heavy atom. The van der Waals surface area contributed by atoms with E-state index in [1.54, 1.807) is 6.92 Å². The average Bonchev–Trinajstić information content (AvgIpc) is 1.84. The van der Waals surface area contributed by atoms with Crippen LogP contribution in [-0.2, 0) is 4.79 Å². The van der Waals surface area contributed by atoms with Crippen LogP contribution in [0, 0.1) is 11.8 Å². The van der Waals surface area contributed by atoms with Crippen molar-refractivity contribution in [2.24, 2.45) is 17.6 Å². The fraction of sp³-hybridized carbons (Fsp3) is 0.889. The minimum Gasteiger partial charge on any atom is -0.481 e. The van der Waals surface area contributed by atoms with Crippen molar-refractivity contribution < 1.29 is 9.90 Å². The highest BCUT2D eigenvalue weighted by Gasteiger charge is 2.15. The van der Waals surface area contributed by atoms with E-state index < -0.39 is 5.97 Å². The summed E-state index contributed by atoms with van der Waals surface area (Å²) in [5.41, 5.74) is 5.60. The van der Waals surface area contributed by atoms with E-state index in [0.717, 1.165) is 12.8 Å². The zero-order valence-electron chi connectivity index (χ0n) is 8.08. The molecule has 3 nitrogen and oxygen atoms in total. The molecule has 3 heteroatoms. The van der Waals surface area contributed by atoms with E-state index in [1.165, 1.54) is 0 Å². The van der Waals surface area contributed by atoms with Gasteiger partial charge in [0.25, 0.3) is 0 Å². The highest BCUT2D eigenvalue weighted by atomic mass is 16.4. The van der Waals surface area contributed by atoms with Crippen molar-refractivity contribution in [3.8, 4) is 0 Å². The summed E-state index contributed by atoms with van der Waals surface area (Å²) < 4.78 is 0. The van der Waals surface area contributed by atoms with E-state index in [1.807, 2.05) is 13.8 Å². The quantitative estimate of drug-likeness (QED) is 0.661. The third-order valence-corrected chi connectivity index (χ3v) is 1.95. The second-order valence-electron chi connectivity index (χ2n) is 3.79. The summed E-state index contributed by atoms with van der Waals surface area (Å²) in [6.45, 7) is 5.73. The Kier molecular flexibility index (Phi) is 4.90. The first-order chi connectivity index (χ1) is 5.43. The topological polar surface area (TPSA) is 63.3 Å². The largest absolute Gasteiger partial charge is 0.481 e. The first-order valence-corrected chi connectivity index (χ1v) is 4.41. The van der Waals surface area contributed by atoms with E-state index in [-0.39, 0.29) is 12.0 Å². The molecule has 0 aromatic heterocycles. The van der Waals surface area contributed by atoms with Crippen LogP contribution in [-0.4, -0.2) is 17.1 Å². The molecule has 3 atom stereocenters. The minimum atomic E-state index is -0.716. The van der Waals surface area contributed by atoms with Crippen LogP contribution in [0.2, 0.25) is 0 Å². The van der Waals surface area contributed by atoms with Crippen LogP contribution in [0.25, 0.3) is 0 Å². The van der Waals surface area contributed by atoms with Crippen molar-refractivity contribution >= 4 is 5.97 Å². The minimum absolute atomic E-state index is 0.168. The SMILES string of the molecule is C[C@@H](C[C@H](C)N)C[C@H](C)C(=O)O. The molecule has 0 aromatic rings. The average molecular weight is 173 g/mol. The van der Waals surface area contributed by atoms with Gasteiger partial charge in [-0.25, -0.2) is 0 Å². The molecule has 0 bridgehead atoms. The van der Waals surface area contributed by atoms with Gasteiger partial charge in [0.05, 0.1) is 5.92 Å². The van der Waals surface area contributed by atoms with Crippen molar-refractivity contribution in [3.05, 3.63) is 0 Å². The summed E-state index contributed by atoms with van der Waals surface area (Å²) in [4.78, 5) is 10.5.